The zero-order chi connectivity index (χ0) is 16.2. The molecule has 0 bridgehead atoms. The maximum atomic E-state index is 13.6. The number of nitrogens with zero attached hydrogens (tertiary/aromatic N) is 1. The van der Waals surface area contributed by atoms with Crippen LogP contribution in [0.3, 0.4) is 0 Å². The lowest BCUT2D eigenvalue weighted by atomic mass is 10.1. The van der Waals surface area contributed by atoms with Gasteiger partial charge in [-0.2, -0.15) is 0 Å². The molecular weight excluding hydrogens is 295 g/mol. The Morgan fingerprint density at radius 2 is 1.78 bits per heavy atom. The summed E-state index contributed by atoms with van der Waals surface area (Å²) < 4.78 is 13.6. The maximum Gasteiger partial charge on any atom is 0.258 e. The molecule has 2 amide bonds. The normalized spacial score (nSPS) is 14.7. The van der Waals surface area contributed by atoms with E-state index in [1.165, 1.54) is 18.2 Å². The second-order valence-electron chi connectivity index (χ2n) is 5.48. The van der Waals surface area contributed by atoms with Crippen LogP contribution in [-0.4, -0.2) is 18.4 Å². The molecule has 0 aliphatic carbocycles. The fraction of sp³-hybridized carbons (Fsp3) is 0.222. The quantitative estimate of drug-likeness (QED) is 0.941. The molecule has 0 saturated carbocycles. The Kier molecular flexibility index (Phi) is 4.37. The minimum atomic E-state index is -0.555. The fourth-order valence-electron chi connectivity index (χ4n) is 2.65. The van der Waals surface area contributed by atoms with E-state index in [0.717, 1.165) is 25.1 Å². The van der Waals surface area contributed by atoms with Crippen LogP contribution in [0.4, 0.5) is 15.8 Å². The van der Waals surface area contributed by atoms with E-state index in [1.807, 2.05) is 0 Å². The molecule has 1 aliphatic rings. The standard InChI is InChI=1S/C18H17FN2O2/c19-16-6-2-1-5-15(16)18(23)20-13-8-10-14(11-9-13)21-12-4-3-7-17(21)22/h1-2,5-6,8-11H,3-4,7,12H2,(H,20,23). The van der Waals surface area contributed by atoms with Crippen molar-refractivity contribution in [3.63, 3.8) is 0 Å². The molecule has 5 heteroatoms. The van der Waals surface area contributed by atoms with Gasteiger partial charge in [0.15, 0.2) is 0 Å². The van der Waals surface area contributed by atoms with Gasteiger partial charge < -0.3 is 10.2 Å². The predicted octanol–water partition coefficient (Wildman–Crippen LogP) is 3.59. The molecule has 2 aromatic rings. The van der Waals surface area contributed by atoms with Crippen LogP contribution in [0, 0.1) is 5.82 Å². The van der Waals surface area contributed by atoms with Crippen molar-refractivity contribution < 1.29 is 14.0 Å². The number of rotatable bonds is 3. The first-order chi connectivity index (χ1) is 11.1. The van der Waals surface area contributed by atoms with Gasteiger partial charge in [0.2, 0.25) is 5.91 Å². The van der Waals surface area contributed by atoms with E-state index in [-0.39, 0.29) is 11.5 Å². The van der Waals surface area contributed by atoms with Gasteiger partial charge in [0.25, 0.3) is 5.91 Å². The van der Waals surface area contributed by atoms with Crippen molar-refractivity contribution in [3.8, 4) is 0 Å². The van der Waals surface area contributed by atoms with E-state index in [4.69, 9.17) is 0 Å². The third-order valence-electron chi connectivity index (χ3n) is 3.88. The van der Waals surface area contributed by atoms with Crippen LogP contribution in [0.1, 0.15) is 29.6 Å². The first-order valence-corrected chi connectivity index (χ1v) is 7.61. The van der Waals surface area contributed by atoms with Crippen LogP contribution in [0.2, 0.25) is 0 Å². The van der Waals surface area contributed by atoms with E-state index < -0.39 is 11.7 Å². The molecule has 1 aliphatic heterocycles. The number of anilines is 2. The Morgan fingerprint density at radius 1 is 1.04 bits per heavy atom. The molecular formula is C18H17FN2O2. The van der Waals surface area contributed by atoms with Crippen LogP contribution in [0.15, 0.2) is 48.5 Å². The molecule has 23 heavy (non-hydrogen) atoms. The van der Waals surface area contributed by atoms with Gasteiger partial charge in [-0.05, 0) is 49.2 Å². The number of piperidine rings is 1. The second-order valence-corrected chi connectivity index (χ2v) is 5.48. The highest BCUT2D eigenvalue weighted by Crippen LogP contribution is 2.23. The largest absolute Gasteiger partial charge is 0.322 e. The molecule has 0 atom stereocenters. The third-order valence-corrected chi connectivity index (χ3v) is 3.88. The third kappa shape index (κ3) is 3.39. The zero-order valence-electron chi connectivity index (χ0n) is 12.6. The van der Waals surface area contributed by atoms with Crippen molar-refractivity contribution in [3.05, 3.63) is 59.9 Å². The molecule has 4 nitrogen and oxygen atoms in total. The number of halogens is 1. The number of hydrogen-bond acceptors (Lipinski definition) is 2. The molecule has 1 heterocycles. The molecule has 1 N–H and O–H groups in total. The SMILES string of the molecule is O=C(Nc1ccc(N2CCCCC2=O)cc1)c1ccccc1F. The minimum absolute atomic E-state index is 0.00258. The van der Waals surface area contributed by atoms with Gasteiger partial charge in [0.1, 0.15) is 5.82 Å². The summed E-state index contributed by atoms with van der Waals surface area (Å²) in [5.41, 5.74) is 1.38. The lowest BCUT2D eigenvalue weighted by molar-refractivity contribution is -0.119. The smallest absolute Gasteiger partial charge is 0.258 e. The Balaban J connectivity index is 1.71. The van der Waals surface area contributed by atoms with Gasteiger partial charge in [-0.25, -0.2) is 4.39 Å². The van der Waals surface area contributed by atoms with Crippen molar-refractivity contribution in [1.29, 1.82) is 0 Å². The van der Waals surface area contributed by atoms with Crippen LogP contribution in [-0.2, 0) is 4.79 Å². The fourth-order valence-corrected chi connectivity index (χ4v) is 2.65. The molecule has 118 valence electrons. The lowest BCUT2D eigenvalue weighted by Crippen LogP contribution is -2.35. The molecule has 0 radical (unpaired) electrons. The monoisotopic (exact) mass is 312 g/mol. The molecule has 1 saturated heterocycles. The highest BCUT2D eigenvalue weighted by atomic mass is 19.1. The topological polar surface area (TPSA) is 49.4 Å². The maximum absolute atomic E-state index is 13.6. The molecule has 2 aromatic carbocycles. The van der Waals surface area contributed by atoms with Gasteiger partial charge in [0.05, 0.1) is 5.56 Å². The van der Waals surface area contributed by atoms with E-state index in [2.05, 4.69) is 5.32 Å². The average molecular weight is 312 g/mol. The number of benzene rings is 2. The summed E-state index contributed by atoms with van der Waals surface area (Å²) in [6, 6.07) is 12.9. The Hall–Kier alpha value is -2.69. The molecule has 0 aromatic heterocycles. The summed E-state index contributed by atoms with van der Waals surface area (Å²) in [4.78, 5) is 25.7. The molecule has 3 rings (SSSR count). The summed E-state index contributed by atoms with van der Waals surface area (Å²) in [6.07, 6.45) is 2.51. The lowest BCUT2D eigenvalue weighted by Gasteiger charge is -2.26. The summed E-state index contributed by atoms with van der Waals surface area (Å²) in [6.45, 7) is 0.722. The van der Waals surface area contributed by atoms with Gasteiger partial charge in [-0.1, -0.05) is 12.1 Å². The van der Waals surface area contributed by atoms with Gasteiger partial charge in [-0.15, -0.1) is 0 Å². The predicted molar refractivity (Wildman–Crippen MR) is 87.0 cm³/mol. The van der Waals surface area contributed by atoms with E-state index in [1.54, 1.807) is 35.2 Å². The van der Waals surface area contributed by atoms with E-state index >= 15 is 0 Å². The van der Waals surface area contributed by atoms with Crippen LogP contribution >= 0.6 is 0 Å². The number of carbonyl (C=O) groups excluding carboxylic acids is 2. The van der Waals surface area contributed by atoms with E-state index in [9.17, 15) is 14.0 Å². The molecule has 1 fully saturated rings. The van der Waals surface area contributed by atoms with Gasteiger partial charge in [0, 0.05) is 24.3 Å². The van der Waals surface area contributed by atoms with Crippen molar-refractivity contribution in [2.75, 3.05) is 16.8 Å². The summed E-state index contributed by atoms with van der Waals surface area (Å²) in [5, 5.41) is 2.66. The summed E-state index contributed by atoms with van der Waals surface area (Å²) in [7, 11) is 0. The number of nitrogens with one attached hydrogen (secondary N) is 1. The van der Waals surface area contributed by atoms with Crippen LogP contribution < -0.4 is 10.2 Å². The summed E-state index contributed by atoms with van der Waals surface area (Å²) in [5.74, 6) is -0.926. The minimum Gasteiger partial charge on any atom is -0.322 e. The van der Waals surface area contributed by atoms with Crippen molar-refractivity contribution in [2.45, 2.75) is 19.3 Å². The van der Waals surface area contributed by atoms with Crippen LogP contribution in [0.5, 0.6) is 0 Å². The Labute approximate surface area is 133 Å². The number of hydrogen-bond donors (Lipinski definition) is 1. The van der Waals surface area contributed by atoms with E-state index in [0.29, 0.717) is 12.1 Å². The first-order valence-electron chi connectivity index (χ1n) is 7.61. The zero-order valence-corrected chi connectivity index (χ0v) is 12.6. The molecule has 0 spiro atoms. The number of carbonyl (C=O) groups is 2. The first kappa shape index (κ1) is 15.2. The average Bonchev–Trinajstić information content (AvgIpc) is 2.56. The van der Waals surface area contributed by atoms with Gasteiger partial charge in [-0.3, -0.25) is 9.59 Å². The van der Waals surface area contributed by atoms with Crippen molar-refractivity contribution in [2.24, 2.45) is 0 Å². The van der Waals surface area contributed by atoms with Gasteiger partial charge >= 0.3 is 0 Å². The Bertz CT molecular complexity index is 728. The second kappa shape index (κ2) is 6.60. The Morgan fingerprint density at radius 3 is 2.48 bits per heavy atom. The summed E-state index contributed by atoms with van der Waals surface area (Å²) >= 11 is 0. The molecule has 0 unspecified atom stereocenters. The van der Waals surface area contributed by atoms with Crippen molar-refractivity contribution >= 4 is 23.2 Å². The van der Waals surface area contributed by atoms with Crippen LogP contribution in [0.25, 0.3) is 0 Å². The highest BCUT2D eigenvalue weighted by Gasteiger charge is 2.19. The number of amides is 2. The highest BCUT2D eigenvalue weighted by molar-refractivity contribution is 6.04. The van der Waals surface area contributed by atoms with Crippen molar-refractivity contribution in [1.82, 2.24) is 0 Å².